The number of amides is 1. The van der Waals surface area contributed by atoms with Crippen LogP contribution in [0.25, 0.3) is 0 Å². The predicted octanol–water partition coefficient (Wildman–Crippen LogP) is 1.62. The molecule has 0 radical (unpaired) electrons. The lowest BCUT2D eigenvalue weighted by molar-refractivity contribution is 0.0677. The molecule has 1 aliphatic rings. The maximum atomic E-state index is 12.5. The maximum absolute atomic E-state index is 12.5. The number of ether oxygens (including phenoxy) is 1. The highest BCUT2D eigenvalue weighted by molar-refractivity contribution is 5.98. The minimum absolute atomic E-state index is 0.0931. The number of aromatic amines is 1. The number of phenolic OH excluding ortho intramolecular Hbond substituents is 1. The van der Waals surface area contributed by atoms with Crippen LogP contribution >= 0.6 is 0 Å². The molecule has 110 valence electrons. The minimum atomic E-state index is -0.193. The summed E-state index contributed by atoms with van der Waals surface area (Å²) < 4.78 is 5.10. The highest BCUT2D eigenvalue weighted by atomic mass is 16.5. The number of aromatic hydroxyl groups is 1. The summed E-state index contributed by atoms with van der Waals surface area (Å²) in [5.74, 6) is 0.111. The smallest absolute Gasteiger partial charge is 0.275 e. The highest BCUT2D eigenvalue weighted by Crippen LogP contribution is 2.39. The molecule has 0 unspecified atom stereocenters. The van der Waals surface area contributed by atoms with Crippen molar-refractivity contribution >= 4 is 5.91 Å². The summed E-state index contributed by atoms with van der Waals surface area (Å²) in [6, 6.07) is 6.72. The van der Waals surface area contributed by atoms with E-state index in [0.717, 1.165) is 16.8 Å². The number of nitrogens with zero attached hydrogens (tertiary/aromatic N) is 2. The van der Waals surface area contributed by atoms with Crippen molar-refractivity contribution in [1.29, 1.82) is 0 Å². The Balaban J connectivity index is 2.05. The van der Waals surface area contributed by atoms with E-state index in [1.807, 2.05) is 19.1 Å². The zero-order valence-electron chi connectivity index (χ0n) is 12.0. The van der Waals surface area contributed by atoms with Crippen molar-refractivity contribution in [2.45, 2.75) is 13.0 Å². The van der Waals surface area contributed by atoms with Gasteiger partial charge in [0, 0.05) is 24.9 Å². The second kappa shape index (κ2) is 5.21. The van der Waals surface area contributed by atoms with Gasteiger partial charge in [-0.15, -0.1) is 0 Å². The summed E-state index contributed by atoms with van der Waals surface area (Å²) in [6.07, 6.45) is 0. The second-order valence-electron chi connectivity index (χ2n) is 5.10. The molecule has 0 saturated heterocycles. The summed E-state index contributed by atoms with van der Waals surface area (Å²) in [7, 11) is 1.61. The normalized spacial score (nSPS) is 17.3. The first-order chi connectivity index (χ1) is 10.1. The molecule has 6 nitrogen and oxygen atoms in total. The summed E-state index contributed by atoms with van der Waals surface area (Å²) >= 11 is 0. The third-order valence-corrected chi connectivity index (χ3v) is 3.79. The van der Waals surface area contributed by atoms with Gasteiger partial charge in [0.05, 0.1) is 12.6 Å². The standard InChI is InChI=1S/C15H17N3O3/c1-9-12-13(17-16-9)15(20)18(7-8-21-2)14(12)10-3-5-11(19)6-4-10/h3-6,14,19H,7-8H2,1-2H3,(H,16,17)/t14-/m1/s1. The molecule has 0 saturated carbocycles. The first kappa shape index (κ1) is 13.6. The lowest BCUT2D eigenvalue weighted by Gasteiger charge is -2.25. The number of H-pyrrole nitrogens is 1. The van der Waals surface area contributed by atoms with E-state index in [-0.39, 0.29) is 17.7 Å². The van der Waals surface area contributed by atoms with Crippen LogP contribution < -0.4 is 0 Å². The van der Waals surface area contributed by atoms with E-state index >= 15 is 0 Å². The van der Waals surface area contributed by atoms with E-state index in [1.165, 1.54) is 0 Å². The van der Waals surface area contributed by atoms with Crippen LogP contribution in [0.3, 0.4) is 0 Å². The summed E-state index contributed by atoms with van der Waals surface area (Å²) in [4.78, 5) is 14.3. The monoisotopic (exact) mass is 287 g/mol. The Morgan fingerprint density at radius 3 is 2.76 bits per heavy atom. The molecule has 1 aliphatic heterocycles. The largest absolute Gasteiger partial charge is 0.508 e. The molecule has 2 N–H and O–H groups in total. The van der Waals surface area contributed by atoms with E-state index in [0.29, 0.717) is 18.8 Å². The average molecular weight is 287 g/mol. The number of phenols is 1. The van der Waals surface area contributed by atoms with Crippen LogP contribution in [0.2, 0.25) is 0 Å². The number of aromatic nitrogens is 2. The molecular weight excluding hydrogens is 270 g/mol. The molecule has 6 heteroatoms. The van der Waals surface area contributed by atoms with Crippen LogP contribution in [0, 0.1) is 6.92 Å². The van der Waals surface area contributed by atoms with E-state index in [4.69, 9.17) is 4.74 Å². The number of carbonyl (C=O) groups excluding carboxylic acids is 1. The SMILES string of the molecule is COCCN1C(=O)c2n[nH]c(C)c2[C@H]1c1ccc(O)cc1. The number of benzene rings is 1. The van der Waals surface area contributed by atoms with Crippen LogP contribution in [0.15, 0.2) is 24.3 Å². The fraction of sp³-hybridized carbons (Fsp3) is 0.333. The van der Waals surface area contributed by atoms with E-state index in [1.54, 1.807) is 24.1 Å². The molecule has 0 fully saturated rings. The molecule has 1 aromatic heterocycles. The number of rotatable bonds is 4. The van der Waals surface area contributed by atoms with Gasteiger partial charge in [-0.3, -0.25) is 9.89 Å². The number of carbonyl (C=O) groups is 1. The van der Waals surface area contributed by atoms with Gasteiger partial charge < -0.3 is 14.7 Å². The molecule has 1 atom stereocenters. The number of methoxy groups -OCH3 is 1. The number of hydrogen-bond donors (Lipinski definition) is 2. The Bertz CT molecular complexity index is 663. The van der Waals surface area contributed by atoms with Crippen molar-refractivity contribution in [1.82, 2.24) is 15.1 Å². The molecule has 1 amide bonds. The van der Waals surface area contributed by atoms with Crippen LogP contribution in [0.5, 0.6) is 5.75 Å². The van der Waals surface area contributed by atoms with Gasteiger partial charge >= 0.3 is 0 Å². The Morgan fingerprint density at radius 1 is 1.38 bits per heavy atom. The molecule has 21 heavy (non-hydrogen) atoms. The second-order valence-corrected chi connectivity index (χ2v) is 5.10. The summed E-state index contributed by atoms with van der Waals surface area (Å²) in [5, 5.41) is 16.5. The Kier molecular flexibility index (Phi) is 3.39. The van der Waals surface area contributed by atoms with Gasteiger partial charge in [-0.1, -0.05) is 12.1 Å². The lowest BCUT2D eigenvalue weighted by Crippen LogP contribution is -2.32. The Hall–Kier alpha value is -2.34. The fourth-order valence-corrected chi connectivity index (χ4v) is 2.77. The van der Waals surface area contributed by atoms with Crippen molar-refractivity contribution in [3.63, 3.8) is 0 Å². The van der Waals surface area contributed by atoms with Crippen molar-refractivity contribution < 1.29 is 14.6 Å². The molecule has 3 rings (SSSR count). The predicted molar refractivity (Wildman–Crippen MR) is 76.2 cm³/mol. The van der Waals surface area contributed by atoms with E-state index in [9.17, 15) is 9.90 Å². The molecule has 2 heterocycles. The molecule has 1 aromatic carbocycles. The number of hydrogen-bond acceptors (Lipinski definition) is 4. The Labute approximate surface area is 122 Å². The van der Waals surface area contributed by atoms with Gasteiger partial charge in [0.1, 0.15) is 5.75 Å². The van der Waals surface area contributed by atoms with Crippen LogP contribution in [-0.2, 0) is 4.74 Å². The van der Waals surface area contributed by atoms with Gasteiger partial charge in [0.2, 0.25) is 0 Å². The fourth-order valence-electron chi connectivity index (χ4n) is 2.77. The van der Waals surface area contributed by atoms with Gasteiger partial charge in [-0.25, -0.2) is 0 Å². The lowest BCUT2D eigenvalue weighted by atomic mass is 9.99. The Morgan fingerprint density at radius 2 is 2.10 bits per heavy atom. The number of fused-ring (bicyclic) bond motifs is 1. The van der Waals surface area contributed by atoms with Gasteiger partial charge in [-0.2, -0.15) is 5.10 Å². The number of nitrogens with one attached hydrogen (secondary N) is 1. The van der Waals surface area contributed by atoms with Gasteiger partial charge in [0.15, 0.2) is 5.69 Å². The van der Waals surface area contributed by atoms with Crippen LogP contribution in [-0.4, -0.2) is 46.4 Å². The first-order valence-electron chi connectivity index (χ1n) is 6.77. The first-order valence-corrected chi connectivity index (χ1v) is 6.77. The summed E-state index contributed by atoms with van der Waals surface area (Å²) in [6.45, 7) is 2.87. The minimum Gasteiger partial charge on any atom is -0.508 e. The maximum Gasteiger partial charge on any atom is 0.275 e. The van der Waals surface area contributed by atoms with E-state index in [2.05, 4.69) is 10.2 Å². The molecule has 0 bridgehead atoms. The molecule has 0 spiro atoms. The molecule has 2 aromatic rings. The van der Waals surface area contributed by atoms with E-state index < -0.39 is 0 Å². The highest BCUT2D eigenvalue weighted by Gasteiger charge is 2.41. The van der Waals surface area contributed by atoms with Crippen molar-refractivity contribution in [2.75, 3.05) is 20.3 Å². The van der Waals surface area contributed by atoms with Crippen LogP contribution in [0.1, 0.15) is 33.4 Å². The molecule has 0 aliphatic carbocycles. The third-order valence-electron chi connectivity index (χ3n) is 3.79. The quantitative estimate of drug-likeness (QED) is 0.895. The average Bonchev–Trinajstić information content (AvgIpc) is 2.98. The van der Waals surface area contributed by atoms with Crippen molar-refractivity contribution in [3.05, 3.63) is 46.8 Å². The van der Waals surface area contributed by atoms with Crippen molar-refractivity contribution in [3.8, 4) is 5.75 Å². The van der Waals surface area contributed by atoms with Gasteiger partial charge in [0.25, 0.3) is 5.91 Å². The van der Waals surface area contributed by atoms with Gasteiger partial charge in [-0.05, 0) is 24.6 Å². The third kappa shape index (κ3) is 2.17. The topological polar surface area (TPSA) is 78.5 Å². The zero-order valence-corrected chi connectivity index (χ0v) is 12.0. The van der Waals surface area contributed by atoms with Crippen LogP contribution in [0.4, 0.5) is 0 Å². The molecular formula is C15H17N3O3. The zero-order chi connectivity index (χ0) is 15.0. The van der Waals surface area contributed by atoms with Crippen molar-refractivity contribution in [2.24, 2.45) is 0 Å². The number of aryl methyl sites for hydroxylation is 1. The summed E-state index contributed by atoms with van der Waals surface area (Å²) in [5.41, 5.74) is 3.21.